The number of hydrogen-bond donors (Lipinski definition) is 2. The molecule has 1 amide bonds. The first-order valence-electron chi connectivity index (χ1n) is 7.03. The molecule has 3 N–H and O–H groups in total. The Morgan fingerprint density at radius 1 is 1.50 bits per heavy atom. The van der Waals surface area contributed by atoms with Gasteiger partial charge in [0, 0.05) is 19.2 Å². The number of anilines is 1. The summed E-state index contributed by atoms with van der Waals surface area (Å²) in [6.07, 6.45) is 3.66. The van der Waals surface area contributed by atoms with Crippen molar-refractivity contribution in [3.8, 4) is 5.75 Å². The highest BCUT2D eigenvalue weighted by Crippen LogP contribution is 2.29. The lowest BCUT2D eigenvalue weighted by Crippen LogP contribution is -2.44. The van der Waals surface area contributed by atoms with Gasteiger partial charge in [-0.05, 0) is 37.8 Å². The van der Waals surface area contributed by atoms with Gasteiger partial charge in [0.1, 0.15) is 0 Å². The lowest BCUT2D eigenvalue weighted by atomic mass is 9.98. The first kappa shape index (κ1) is 14.7. The van der Waals surface area contributed by atoms with E-state index in [2.05, 4.69) is 0 Å². The average molecular weight is 278 g/mol. The number of nitrogens with two attached hydrogens (primary N) is 1. The van der Waals surface area contributed by atoms with Crippen molar-refractivity contribution >= 4 is 11.6 Å². The fourth-order valence-electron chi connectivity index (χ4n) is 2.82. The summed E-state index contributed by atoms with van der Waals surface area (Å²) in [6, 6.07) is 5.32. The van der Waals surface area contributed by atoms with Crippen LogP contribution in [0.4, 0.5) is 5.69 Å². The van der Waals surface area contributed by atoms with E-state index in [1.54, 1.807) is 18.2 Å². The second-order valence-electron chi connectivity index (χ2n) is 5.09. The highest BCUT2D eigenvalue weighted by Gasteiger charge is 2.29. The summed E-state index contributed by atoms with van der Waals surface area (Å²) < 4.78 is 5.26. The van der Waals surface area contributed by atoms with Crippen LogP contribution in [0.15, 0.2) is 18.2 Å². The summed E-state index contributed by atoms with van der Waals surface area (Å²) >= 11 is 0. The van der Waals surface area contributed by atoms with Gasteiger partial charge < -0.3 is 20.5 Å². The molecular weight excluding hydrogens is 256 g/mol. The van der Waals surface area contributed by atoms with Crippen LogP contribution in [0.1, 0.15) is 36.0 Å². The molecule has 1 aliphatic rings. The van der Waals surface area contributed by atoms with Gasteiger partial charge in [-0.2, -0.15) is 0 Å². The molecule has 5 heteroatoms. The molecule has 20 heavy (non-hydrogen) atoms. The molecule has 1 saturated heterocycles. The van der Waals surface area contributed by atoms with Crippen molar-refractivity contribution < 1.29 is 14.6 Å². The van der Waals surface area contributed by atoms with Crippen LogP contribution in [0, 0.1) is 0 Å². The number of hydrogen-bond acceptors (Lipinski definition) is 4. The Kier molecular flexibility index (Phi) is 4.84. The van der Waals surface area contributed by atoms with E-state index >= 15 is 0 Å². The Bertz CT molecular complexity index is 474. The Hall–Kier alpha value is -1.75. The molecule has 2 rings (SSSR count). The number of aliphatic hydroxyl groups excluding tert-OH is 1. The third-order valence-corrected chi connectivity index (χ3v) is 3.83. The van der Waals surface area contributed by atoms with Crippen molar-refractivity contribution in [1.29, 1.82) is 0 Å². The van der Waals surface area contributed by atoms with Crippen LogP contribution in [-0.4, -0.2) is 42.2 Å². The number of likely N-dealkylation sites (tertiary alicyclic amines) is 1. The van der Waals surface area contributed by atoms with Crippen molar-refractivity contribution in [3.05, 3.63) is 23.8 Å². The number of benzene rings is 1. The van der Waals surface area contributed by atoms with Gasteiger partial charge in [0.25, 0.3) is 5.91 Å². The van der Waals surface area contributed by atoms with Crippen molar-refractivity contribution in [2.24, 2.45) is 0 Å². The molecule has 0 bridgehead atoms. The Labute approximate surface area is 119 Å². The predicted molar refractivity (Wildman–Crippen MR) is 77.8 cm³/mol. The molecule has 1 heterocycles. The highest BCUT2D eigenvalue weighted by atomic mass is 16.5. The highest BCUT2D eigenvalue weighted by molar-refractivity contribution is 5.98. The largest absolute Gasteiger partial charge is 0.494 e. The van der Waals surface area contributed by atoms with Crippen LogP contribution in [0.3, 0.4) is 0 Å². The van der Waals surface area contributed by atoms with Crippen LogP contribution >= 0.6 is 0 Å². The first-order valence-corrected chi connectivity index (χ1v) is 7.03. The fourth-order valence-corrected chi connectivity index (χ4v) is 2.82. The summed E-state index contributed by atoms with van der Waals surface area (Å²) in [4.78, 5) is 14.6. The van der Waals surface area contributed by atoms with E-state index in [1.807, 2.05) is 4.90 Å². The van der Waals surface area contributed by atoms with Gasteiger partial charge in [-0.25, -0.2) is 0 Å². The third kappa shape index (κ3) is 2.88. The summed E-state index contributed by atoms with van der Waals surface area (Å²) in [7, 11) is 1.52. The summed E-state index contributed by atoms with van der Waals surface area (Å²) in [5, 5.41) is 9.15. The van der Waals surface area contributed by atoms with Crippen molar-refractivity contribution in [3.63, 3.8) is 0 Å². The van der Waals surface area contributed by atoms with E-state index in [0.717, 1.165) is 25.8 Å². The molecule has 1 fully saturated rings. The minimum absolute atomic E-state index is 0.0627. The topological polar surface area (TPSA) is 75.8 Å². The lowest BCUT2D eigenvalue weighted by molar-refractivity contribution is 0.0571. The van der Waals surface area contributed by atoms with Gasteiger partial charge in [0.2, 0.25) is 0 Å². The zero-order valence-corrected chi connectivity index (χ0v) is 11.8. The van der Waals surface area contributed by atoms with Gasteiger partial charge in [-0.15, -0.1) is 0 Å². The minimum Gasteiger partial charge on any atom is -0.494 e. The molecule has 110 valence electrons. The quantitative estimate of drug-likeness (QED) is 0.821. The fraction of sp³-hybridized carbons (Fsp3) is 0.533. The van der Waals surface area contributed by atoms with Gasteiger partial charge in [0.15, 0.2) is 5.75 Å². The van der Waals surface area contributed by atoms with Crippen molar-refractivity contribution in [1.82, 2.24) is 4.90 Å². The van der Waals surface area contributed by atoms with E-state index < -0.39 is 0 Å². The van der Waals surface area contributed by atoms with E-state index in [9.17, 15) is 4.79 Å². The lowest BCUT2D eigenvalue weighted by Gasteiger charge is -2.36. The maximum atomic E-state index is 12.7. The molecule has 1 unspecified atom stereocenters. The molecular formula is C15H22N2O3. The smallest absolute Gasteiger partial charge is 0.257 e. The number of para-hydroxylation sites is 1. The second kappa shape index (κ2) is 6.61. The van der Waals surface area contributed by atoms with Crippen LogP contribution in [-0.2, 0) is 0 Å². The number of amides is 1. The van der Waals surface area contributed by atoms with Crippen molar-refractivity contribution in [2.45, 2.75) is 31.7 Å². The first-order chi connectivity index (χ1) is 9.69. The van der Waals surface area contributed by atoms with E-state index in [4.69, 9.17) is 15.6 Å². The Morgan fingerprint density at radius 2 is 2.30 bits per heavy atom. The maximum absolute atomic E-state index is 12.7. The molecule has 1 aromatic carbocycles. The molecule has 1 atom stereocenters. The molecule has 0 saturated carbocycles. The number of aliphatic hydroxyl groups is 1. The minimum atomic E-state index is -0.0627. The third-order valence-electron chi connectivity index (χ3n) is 3.83. The number of rotatable bonds is 4. The Morgan fingerprint density at radius 3 is 3.00 bits per heavy atom. The Balaban J connectivity index is 2.27. The van der Waals surface area contributed by atoms with Gasteiger partial charge >= 0.3 is 0 Å². The van der Waals surface area contributed by atoms with E-state index in [0.29, 0.717) is 23.4 Å². The second-order valence-corrected chi connectivity index (χ2v) is 5.09. The SMILES string of the molecule is COc1c(N)cccc1C(=O)N1CCCCC1CCO. The number of carbonyl (C=O) groups excluding carboxylic acids is 1. The molecule has 0 aliphatic carbocycles. The standard InChI is InChI=1S/C15H22N2O3/c1-20-14-12(6-4-7-13(14)16)15(19)17-9-3-2-5-11(17)8-10-18/h4,6-7,11,18H,2-3,5,8-10,16H2,1H3. The van der Waals surface area contributed by atoms with Crippen LogP contribution < -0.4 is 10.5 Å². The van der Waals surface area contributed by atoms with Crippen LogP contribution in [0.25, 0.3) is 0 Å². The summed E-state index contributed by atoms with van der Waals surface area (Å²) in [5.74, 6) is 0.373. The van der Waals surface area contributed by atoms with Crippen LogP contribution in [0.5, 0.6) is 5.75 Å². The van der Waals surface area contributed by atoms with Gasteiger partial charge in [-0.3, -0.25) is 4.79 Å². The number of ether oxygens (including phenoxy) is 1. The summed E-state index contributed by atoms with van der Waals surface area (Å²) in [6.45, 7) is 0.823. The summed E-state index contributed by atoms with van der Waals surface area (Å²) in [5.41, 5.74) is 6.82. The molecule has 0 radical (unpaired) electrons. The number of nitrogen functional groups attached to an aromatic ring is 1. The van der Waals surface area contributed by atoms with Crippen molar-refractivity contribution in [2.75, 3.05) is 26.0 Å². The van der Waals surface area contributed by atoms with Gasteiger partial charge in [-0.1, -0.05) is 6.07 Å². The molecule has 1 aliphatic heterocycles. The number of methoxy groups -OCH3 is 1. The average Bonchev–Trinajstić information content (AvgIpc) is 2.47. The number of carbonyl (C=O) groups is 1. The maximum Gasteiger partial charge on any atom is 0.257 e. The molecule has 1 aromatic rings. The molecule has 5 nitrogen and oxygen atoms in total. The van der Waals surface area contributed by atoms with Crippen LogP contribution in [0.2, 0.25) is 0 Å². The molecule has 0 aromatic heterocycles. The monoisotopic (exact) mass is 278 g/mol. The predicted octanol–water partition coefficient (Wildman–Crippen LogP) is 1.65. The zero-order valence-electron chi connectivity index (χ0n) is 11.8. The molecule has 0 spiro atoms. The number of piperidine rings is 1. The van der Waals surface area contributed by atoms with Gasteiger partial charge in [0.05, 0.1) is 18.4 Å². The number of nitrogens with zero attached hydrogens (tertiary/aromatic N) is 1. The normalized spacial score (nSPS) is 18.9. The van der Waals surface area contributed by atoms with E-state index in [1.165, 1.54) is 7.11 Å². The van der Waals surface area contributed by atoms with E-state index in [-0.39, 0.29) is 18.6 Å². The zero-order chi connectivity index (χ0) is 14.5.